The topological polar surface area (TPSA) is 35.2 Å². The van der Waals surface area contributed by atoms with Crippen LogP contribution < -0.4 is 5.73 Å². The van der Waals surface area contributed by atoms with Crippen LogP contribution in [-0.4, -0.2) is 18.2 Å². The van der Waals surface area contributed by atoms with Gasteiger partial charge in [0.1, 0.15) is 5.82 Å². The third-order valence-corrected chi connectivity index (χ3v) is 3.64. The molecule has 4 heteroatoms. The average Bonchev–Trinajstić information content (AvgIpc) is 2.53. The lowest BCUT2D eigenvalue weighted by Gasteiger charge is -2.27. The van der Waals surface area contributed by atoms with Crippen molar-refractivity contribution in [3.63, 3.8) is 0 Å². The smallest absolute Gasteiger partial charge is 0.123 e. The van der Waals surface area contributed by atoms with Gasteiger partial charge >= 0.3 is 0 Å². The molecule has 2 atom stereocenters. The van der Waals surface area contributed by atoms with Crippen LogP contribution in [0.3, 0.4) is 0 Å². The van der Waals surface area contributed by atoms with E-state index in [1.165, 1.54) is 12.1 Å². The van der Waals surface area contributed by atoms with E-state index in [4.69, 9.17) is 22.1 Å². The molecule has 1 aliphatic rings. The molecule has 1 aromatic carbocycles. The van der Waals surface area contributed by atoms with E-state index in [0.717, 1.165) is 12.0 Å². The van der Waals surface area contributed by atoms with Gasteiger partial charge in [-0.25, -0.2) is 4.39 Å². The minimum atomic E-state index is -0.433. The van der Waals surface area contributed by atoms with Crippen LogP contribution in [0, 0.1) is 5.82 Å². The predicted molar refractivity (Wildman–Crippen MR) is 62.1 cm³/mol. The van der Waals surface area contributed by atoms with Crippen LogP contribution in [0.15, 0.2) is 18.2 Å². The van der Waals surface area contributed by atoms with Crippen molar-refractivity contribution in [3.8, 4) is 0 Å². The van der Waals surface area contributed by atoms with Crippen LogP contribution in [0.1, 0.15) is 18.9 Å². The summed E-state index contributed by atoms with van der Waals surface area (Å²) >= 11 is 6.02. The number of rotatable bonds is 2. The van der Waals surface area contributed by atoms with Crippen molar-refractivity contribution in [2.24, 2.45) is 5.73 Å². The predicted octanol–water partition coefficient (Wildman–Crippen LogP) is 2.53. The van der Waals surface area contributed by atoms with Gasteiger partial charge in [0.2, 0.25) is 0 Å². The molecule has 1 heterocycles. The van der Waals surface area contributed by atoms with E-state index in [0.29, 0.717) is 18.1 Å². The number of ether oxygens (including phenoxy) is 1. The van der Waals surface area contributed by atoms with Crippen LogP contribution in [0.5, 0.6) is 0 Å². The minimum Gasteiger partial charge on any atom is -0.377 e. The Morgan fingerprint density at radius 3 is 3.00 bits per heavy atom. The van der Waals surface area contributed by atoms with Gasteiger partial charge in [0.25, 0.3) is 0 Å². The minimum absolute atomic E-state index is 0.0214. The van der Waals surface area contributed by atoms with Crippen molar-refractivity contribution in [1.82, 2.24) is 0 Å². The number of nitrogens with two attached hydrogens (primary N) is 1. The molecule has 1 aliphatic heterocycles. The first-order valence-electron chi connectivity index (χ1n) is 5.36. The maximum absolute atomic E-state index is 13.1. The maximum atomic E-state index is 13.1. The molecule has 0 amide bonds. The number of halogens is 2. The van der Waals surface area contributed by atoms with E-state index in [2.05, 4.69) is 0 Å². The number of hydrogen-bond donors (Lipinski definition) is 1. The summed E-state index contributed by atoms with van der Waals surface area (Å²) in [7, 11) is 0. The summed E-state index contributed by atoms with van der Waals surface area (Å²) in [6.07, 6.45) is 1.30. The van der Waals surface area contributed by atoms with Crippen molar-refractivity contribution < 1.29 is 9.13 Å². The first kappa shape index (κ1) is 11.8. The second-order valence-electron chi connectivity index (χ2n) is 4.41. The van der Waals surface area contributed by atoms with E-state index in [9.17, 15) is 4.39 Å². The molecule has 0 bridgehead atoms. The Morgan fingerprint density at radius 2 is 2.38 bits per heavy atom. The molecule has 0 radical (unpaired) electrons. The average molecular weight is 244 g/mol. The normalized spacial score (nSPS) is 29.6. The Hall–Kier alpha value is -0.640. The van der Waals surface area contributed by atoms with E-state index >= 15 is 0 Å². The van der Waals surface area contributed by atoms with Gasteiger partial charge < -0.3 is 10.5 Å². The second kappa shape index (κ2) is 4.32. The highest BCUT2D eigenvalue weighted by molar-refractivity contribution is 6.31. The molecule has 16 heavy (non-hydrogen) atoms. The summed E-state index contributed by atoms with van der Waals surface area (Å²) in [5.74, 6) is -0.283. The van der Waals surface area contributed by atoms with Crippen molar-refractivity contribution in [1.29, 1.82) is 0 Å². The lowest BCUT2D eigenvalue weighted by molar-refractivity contribution is 0.0955. The quantitative estimate of drug-likeness (QED) is 0.866. The molecule has 0 saturated carbocycles. The molecule has 1 saturated heterocycles. The van der Waals surface area contributed by atoms with Crippen LogP contribution >= 0.6 is 11.6 Å². The summed E-state index contributed by atoms with van der Waals surface area (Å²) in [4.78, 5) is 0. The van der Waals surface area contributed by atoms with Crippen molar-refractivity contribution in [2.75, 3.05) is 6.61 Å². The largest absolute Gasteiger partial charge is 0.377 e. The zero-order chi connectivity index (χ0) is 11.8. The highest BCUT2D eigenvalue weighted by Crippen LogP contribution is 2.30. The van der Waals surface area contributed by atoms with Crippen LogP contribution in [0.4, 0.5) is 4.39 Å². The summed E-state index contributed by atoms with van der Waals surface area (Å²) in [5.41, 5.74) is 6.57. The van der Waals surface area contributed by atoms with Crippen LogP contribution in [-0.2, 0) is 11.2 Å². The number of hydrogen-bond acceptors (Lipinski definition) is 2. The SMILES string of the molecule is CC1OCCC1(N)Cc1cc(F)ccc1Cl. The molecular weight excluding hydrogens is 229 g/mol. The van der Waals surface area contributed by atoms with Gasteiger partial charge in [0.15, 0.2) is 0 Å². The molecule has 2 N–H and O–H groups in total. The molecule has 0 spiro atoms. The molecule has 2 nitrogen and oxygen atoms in total. The van der Waals surface area contributed by atoms with E-state index in [1.54, 1.807) is 6.07 Å². The van der Waals surface area contributed by atoms with Gasteiger partial charge in [-0.1, -0.05) is 11.6 Å². The van der Waals surface area contributed by atoms with Gasteiger partial charge in [-0.3, -0.25) is 0 Å². The molecule has 1 fully saturated rings. The molecule has 2 unspecified atom stereocenters. The van der Waals surface area contributed by atoms with Crippen LogP contribution in [0.2, 0.25) is 5.02 Å². The number of benzene rings is 1. The third-order valence-electron chi connectivity index (χ3n) is 3.27. The molecule has 0 aromatic heterocycles. The first-order valence-corrected chi connectivity index (χ1v) is 5.73. The Labute approximate surface area is 99.5 Å². The molecule has 1 aromatic rings. The van der Waals surface area contributed by atoms with Crippen molar-refractivity contribution in [3.05, 3.63) is 34.6 Å². The molecular formula is C12H15ClFNO. The van der Waals surface area contributed by atoms with Gasteiger partial charge in [-0.05, 0) is 43.5 Å². The standard InChI is InChI=1S/C12H15ClFNO/c1-8-12(15,4-5-16-8)7-9-6-10(14)2-3-11(9)13/h2-3,6,8H,4-5,7,15H2,1H3. The van der Waals surface area contributed by atoms with Crippen LogP contribution in [0.25, 0.3) is 0 Å². The van der Waals surface area contributed by atoms with E-state index in [-0.39, 0.29) is 11.9 Å². The van der Waals surface area contributed by atoms with Gasteiger partial charge in [0, 0.05) is 17.2 Å². The van der Waals surface area contributed by atoms with Gasteiger partial charge in [-0.2, -0.15) is 0 Å². The Balaban J connectivity index is 2.23. The maximum Gasteiger partial charge on any atom is 0.123 e. The second-order valence-corrected chi connectivity index (χ2v) is 4.82. The molecule has 2 rings (SSSR count). The summed E-state index contributed by atoms with van der Waals surface area (Å²) < 4.78 is 18.6. The Morgan fingerprint density at radius 1 is 1.62 bits per heavy atom. The highest BCUT2D eigenvalue weighted by atomic mass is 35.5. The zero-order valence-electron chi connectivity index (χ0n) is 9.17. The lowest BCUT2D eigenvalue weighted by Crippen LogP contribution is -2.48. The van der Waals surface area contributed by atoms with E-state index < -0.39 is 5.54 Å². The fourth-order valence-corrected chi connectivity index (χ4v) is 2.24. The summed E-state index contributed by atoms with van der Waals surface area (Å²) in [6.45, 7) is 2.60. The fraction of sp³-hybridized carbons (Fsp3) is 0.500. The van der Waals surface area contributed by atoms with Gasteiger partial charge in [-0.15, -0.1) is 0 Å². The summed E-state index contributed by atoms with van der Waals surface area (Å²) in [5, 5.41) is 0.560. The summed E-state index contributed by atoms with van der Waals surface area (Å²) in [6, 6.07) is 4.36. The Kier molecular flexibility index (Phi) is 3.19. The zero-order valence-corrected chi connectivity index (χ0v) is 9.93. The lowest BCUT2D eigenvalue weighted by atomic mass is 9.86. The van der Waals surface area contributed by atoms with Crippen molar-refractivity contribution >= 4 is 11.6 Å². The highest BCUT2D eigenvalue weighted by Gasteiger charge is 2.38. The first-order chi connectivity index (χ1) is 7.51. The molecule has 0 aliphatic carbocycles. The third kappa shape index (κ3) is 2.21. The van der Waals surface area contributed by atoms with Gasteiger partial charge in [0.05, 0.1) is 6.10 Å². The molecule has 88 valence electrons. The fourth-order valence-electron chi connectivity index (χ4n) is 2.06. The van der Waals surface area contributed by atoms with Crippen molar-refractivity contribution in [2.45, 2.75) is 31.4 Å². The Bertz CT molecular complexity index is 399. The monoisotopic (exact) mass is 243 g/mol. The van der Waals surface area contributed by atoms with E-state index in [1.807, 2.05) is 6.92 Å².